The molecule has 0 aliphatic rings. The summed E-state index contributed by atoms with van der Waals surface area (Å²) in [6, 6.07) is 4.86. The molecule has 0 radical (unpaired) electrons. The first-order valence-corrected chi connectivity index (χ1v) is 7.19. The zero-order valence-electron chi connectivity index (χ0n) is 12.0. The van der Waals surface area contributed by atoms with E-state index in [0.717, 1.165) is 0 Å². The number of carbonyl (C=O) groups excluding carboxylic acids is 2. The van der Waals surface area contributed by atoms with E-state index in [1.807, 2.05) is 0 Å². The molecular weight excluding hydrogens is 315 g/mol. The van der Waals surface area contributed by atoms with E-state index >= 15 is 0 Å². The minimum atomic E-state index is -0.182. The largest absolute Gasteiger partial charge is 0.383 e. The van der Waals surface area contributed by atoms with Crippen molar-refractivity contribution in [1.29, 1.82) is 0 Å². The summed E-state index contributed by atoms with van der Waals surface area (Å²) in [6.07, 6.45) is 0.188. The second-order valence-electron chi connectivity index (χ2n) is 4.39. The summed E-state index contributed by atoms with van der Waals surface area (Å²) in [5.74, 6) is -0.329. The minimum Gasteiger partial charge on any atom is -0.383 e. The number of benzene rings is 1. The topological polar surface area (TPSA) is 58.6 Å². The van der Waals surface area contributed by atoms with Gasteiger partial charge >= 0.3 is 0 Å². The summed E-state index contributed by atoms with van der Waals surface area (Å²) < 4.78 is 4.84. The Morgan fingerprint density at radius 3 is 2.38 bits per heavy atom. The van der Waals surface area contributed by atoms with Gasteiger partial charge in [-0.3, -0.25) is 9.59 Å². The molecule has 116 valence electrons. The maximum Gasteiger partial charge on any atom is 0.223 e. The van der Waals surface area contributed by atoms with Crippen LogP contribution in [0.25, 0.3) is 0 Å². The smallest absolute Gasteiger partial charge is 0.223 e. The summed E-state index contributed by atoms with van der Waals surface area (Å²) >= 11 is 11.9. The predicted molar refractivity (Wildman–Crippen MR) is 84.0 cm³/mol. The summed E-state index contributed by atoms with van der Waals surface area (Å²) in [5.41, 5.74) is 0.574. The third-order valence-corrected chi connectivity index (χ3v) is 3.17. The minimum absolute atomic E-state index is 0.147. The highest BCUT2D eigenvalue weighted by Gasteiger charge is 2.14. The van der Waals surface area contributed by atoms with Crippen LogP contribution in [-0.2, 0) is 14.3 Å². The first kappa shape index (κ1) is 17.8. The Labute approximate surface area is 134 Å². The number of halogens is 2. The van der Waals surface area contributed by atoms with Gasteiger partial charge in [0.2, 0.25) is 11.8 Å². The van der Waals surface area contributed by atoms with E-state index in [9.17, 15) is 9.59 Å². The second kappa shape index (κ2) is 8.87. The van der Waals surface area contributed by atoms with Crippen molar-refractivity contribution in [2.75, 3.05) is 31.7 Å². The Morgan fingerprint density at radius 2 is 1.86 bits per heavy atom. The van der Waals surface area contributed by atoms with Gasteiger partial charge in [0.05, 0.1) is 6.61 Å². The lowest BCUT2D eigenvalue weighted by Crippen LogP contribution is -2.34. The first-order chi connectivity index (χ1) is 9.93. The number of anilines is 1. The van der Waals surface area contributed by atoms with Gasteiger partial charge in [-0.1, -0.05) is 23.2 Å². The highest BCUT2D eigenvalue weighted by molar-refractivity contribution is 6.35. The average Bonchev–Trinajstić information content (AvgIpc) is 2.37. The number of amides is 2. The molecule has 0 unspecified atom stereocenters. The van der Waals surface area contributed by atoms with Gasteiger partial charge in [-0.25, -0.2) is 0 Å². The van der Waals surface area contributed by atoms with Crippen LogP contribution in [0.3, 0.4) is 0 Å². The SMILES string of the molecule is COCCNC(=O)CCN(C(C)=O)c1cc(Cl)cc(Cl)c1. The summed E-state index contributed by atoms with van der Waals surface area (Å²) in [7, 11) is 1.56. The molecule has 0 aliphatic heterocycles. The molecule has 1 rings (SSSR count). The molecule has 0 atom stereocenters. The fraction of sp³-hybridized carbons (Fsp3) is 0.429. The van der Waals surface area contributed by atoms with Crippen molar-refractivity contribution >= 4 is 40.7 Å². The average molecular weight is 333 g/mol. The van der Waals surface area contributed by atoms with Crippen LogP contribution in [0.5, 0.6) is 0 Å². The molecule has 0 bridgehead atoms. The quantitative estimate of drug-likeness (QED) is 0.780. The molecule has 5 nitrogen and oxygen atoms in total. The molecule has 0 saturated carbocycles. The number of ether oxygens (including phenoxy) is 1. The normalized spacial score (nSPS) is 10.3. The van der Waals surface area contributed by atoms with Crippen LogP contribution in [0.2, 0.25) is 10.0 Å². The molecule has 0 spiro atoms. The Hall–Kier alpha value is -1.30. The number of carbonyl (C=O) groups is 2. The van der Waals surface area contributed by atoms with Crippen molar-refractivity contribution in [3.8, 4) is 0 Å². The fourth-order valence-electron chi connectivity index (χ4n) is 1.76. The van der Waals surface area contributed by atoms with Crippen molar-refractivity contribution in [2.24, 2.45) is 0 Å². The van der Waals surface area contributed by atoms with Gasteiger partial charge in [0, 0.05) is 49.3 Å². The Bertz CT molecular complexity index is 489. The van der Waals surface area contributed by atoms with Crippen LogP contribution >= 0.6 is 23.2 Å². The van der Waals surface area contributed by atoms with E-state index in [2.05, 4.69) is 5.32 Å². The molecule has 0 aromatic heterocycles. The van der Waals surface area contributed by atoms with Gasteiger partial charge in [0.15, 0.2) is 0 Å². The highest BCUT2D eigenvalue weighted by atomic mass is 35.5. The van der Waals surface area contributed by atoms with Crippen molar-refractivity contribution in [1.82, 2.24) is 5.32 Å². The van der Waals surface area contributed by atoms with E-state index in [1.54, 1.807) is 25.3 Å². The van der Waals surface area contributed by atoms with E-state index in [0.29, 0.717) is 28.9 Å². The third kappa shape index (κ3) is 6.33. The van der Waals surface area contributed by atoms with Crippen molar-refractivity contribution in [3.63, 3.8) is 0 Å². The molecule has 7 heteroatoms. The molecule has 0 aliphatic carbocycles. The van der Waals surface area contributed by atoms with Crippen molar-refractivity contribution < 1.29 is 14.3 Å². The Balaban J connectivity index is 2.66. The molecular formula is C14H18Cl2N2O3. The van der Waals surface area contributed by atoms with Crippen LogP contribution in [0.1, 0.15) is 13.3 Å². The van der Waals surface area contributed by atoms with E-state index in [1.165, 1.54) is 11.8 Å². The molecule has 0 heterocycles. The lowest BCUT2D eigenvalue weighted by Gasteiger charge is -2.21. The summed E-state index contributed by atoms with van der Waals surface area (Å²) in [4.78, 5) is 24.8. The number of nitrogens with zero attached hydrogens (tertiary/aromatic N) is 1. The molecule has 0 saturated heterocycles. The van der Waals surface area contributed by atoms with Gasteiger partial charge in [-0.2, -0.15) is 0 Å². The molecule has 21 heavy (non-hydrogen) atoms. The Morgan fingerprint density at radius 1 is 1.24 bits per heavy atom. The van der Waals surface area contributed by atoms with Crippen LogP contribution < -0.4 is 10.2 Å². The first-order valence-electron chi connectivity index (χ1n) is 6.44. The maximum absolute atomic E-state index is 11.7. The fourth-order valence-corrected chi connectivity index (χ4v) is 2.27. The highest BCUT2D eigenvalue weighted by Crippen LogP contribution is 2.25. The van der Waals surface area contributed by atoms with Gasteiger partial charge in [0.25, 0.3) is 0 Å². The van der Waals surface area contributed by atoms with E-state index in [4.69, 9.17) is 27.9 Å². The number of hydrogen-bond donors (Lipinski definition) is 1. The summed E-state index contributed by atoms with van der Waals surface area (Å²) in [6.45, 7) is 2.58. The standard InChI is InChI=1S/C14H18Cl2N2O3/c1-10(19)18(5-3-14(20)17-4-6-21-2)13-8-11(15)7-12(16)9-13/h7-9H,3-6H2,1-2H3,(H,17,20). The molecule has 1 aromatic rings. The van der Waals surface area contributed by atoms with Gasteiger partial charge < -0.3 is 15.0 Å². The lowest BCUT2D eigenvalue weighted by molar-refractivity contribution is -0.121. The summed E-state index contributed by atoms with van der Waals surface area (Å²) in [5, 5.41) is 3.57. The second-order valence-corrected chi connectivity index (χ2v) is 5.26. The van der Waals surface area contributed by atoms with Crippen molar-refractivity contribution in [3.05, 3.63) is 28.2 Å². The van der Waals surface area contributed by atoms with E-state index in [-0.39, 0.29) is 24.8 Å². The molecule has 2 amide bonds. The lowest BCUT2D eigenvalue weighted by atomic mass is 10.2. The van der Waals surface area contributed by atoms with Crippen LogP contribution in [0, 0.1) is 0 Å². The van der Waals surface area contributed by atoms with Gasteiger partial charge in [-0.05, 0) is 18.2 Å². The number of methoxy groups -OCH3 is 1. The Kier molecular flexibility index (Phi) is 7.50. The molecule has 1 aromatic carbocycles. The van der Waals surface area contributed by atoms with Gasteiger partial charge in [-0.15, -0.1) is 0 Å². The van der Waals surface area contributed by atoms with Crippen LogP contribution in [-0.4, -0.2) is 38.6 Å². The predicted octanol–water partition coefficient (Wildman–Crippen LogP) is 2.50. The zero-order valence-corrected chi connectivity index (χ0v) is 13.5. The molecule has 0 fully saturated rings. The number of hydrogen-bond acceptors (Lipinski definition) is 3. The maximum atomic E-state index is 11.7. The van der Waals surface area contributed by atoms with Crippen LogP contribution in [0.4, 0.5) is 5.69 Å². The van der Waals surface area contributed by atoms with Crippen LogP contribution in [0.15, 0.2) is 18.2 Å². The number of rotatable bonds is 7. The monoisotopic (exact) mass is 332 g/mol. The van der Waals surface area contributed by atoms with E-state index < -0.39 is 0 Å². The van der Waals surface area contributed by atoms with Gasteiger partial charge in [0.1, 0.15) is 0 Å². The zero-order chi connectivity index (χ0) is 15.8. The third-order valence-electron chi connectivity index (χ3n) is 2.73. The number of nitrogens with one attached hydrogen (secondary N) is 1. The molecule has 1 N–H and O–H groups in total. The van der Waals surface area contributed by atoms with Crippen molar-refractivity contribution in [2.45, 2.75) is 13.3 Å².